The molecule has 1 aromatic carbocycles. The third kappa shape index (κ3) is 1.33. The van der Waals surface area contributed by atoms with Crippen LogP contribution in [0.1, 0.15) is 16.3 Å². The molecule has 0 aliphatic rings. The Labute approximate surface area is 82.0 Å². The van der Waals surface area contributed by atoms with Gasteiger partial charge in [-0.25, -0.2) is 4.98 Å². The Kier molecular flexibility index (Phi) is 2.14. The number of carbonyl (C=O) groups is 1. The number of hydrogen-bond donors (Lipinski definition) is 0. The minimum Gasteiger partial charge on any atom is -0.295 e. The van der Waals surface area contributed by atoms with Gasteiger partial charge in [0.05, 0.1) is 0 Å². The van der Waals surface area contributed by atoms with Crippen LogP contribution in [0.2, 0.25) is 0 Å². The summed E-state index contributed by atoms with van der Waals surface area (Å²) >= 11 is 0. The van der Waals surface area contributed by atoms with Gasteiger partial charge in [0.25, 0.3) is 0 Å². The molecule has 0 N–H and O–H groups in total. The van der Waals surface area contributed by atoms with Gasteiger partial charge in [0.1, 0.15) is 0 Å². The Morgan fingerprint density at radius 3 is 2.64 bits per heavy atom. The Bertz CT molecular complexity index is 446. The van der Waals surface area contributed by atoms with E-state index in [0.29, 0.717) is 5.82 Å². The highest BCUT2D eigenvalue weighted by Crippen LogP contribution is 2.12. The van der Waals surface area contributed by atoms with E-state index in [1.165, 1.54) is 0 Å². The van der Waals surface area contributed by atoms with Crippen molar-refractivity contribution >= 4 is 6.29 Å². The molecule has 0 radical (unpaired) electrons. The number of benzene rings is 1. The number of hydrogen-bond acceptors (Lipinski definition) is 2. The number of carbonyl (C=O) groups excluding carboxylic acids is 1. The van der Waals surface area contributed by atoms with Crippen LogP contribution in [0, 0.1) is 6.92 Å². The number of rotatable bonds is 2. The zero-order valence-corrected chi connectivity index (χ0v) is 7.84. The summed E-state index contributed by atoms with van der Waals surface area (Å²) in [5.41, 5.74) is 1.92. The molecule has 0 saturated heterocycles. The second-order valence-corrected chi connectivity index (χ2v) is 3.05. The van der Waals surface area contributed by atoms with Crippen molar-refractivity contribution in [1.29, 1.82) is 0 Å². The van der Waals surface area contributed by atoms with E-state index in [4.69, 9.17) is 0 Å². The molecule has 0 bridgehead atoms. The van der Waals surface area contributed by atoms with Crippen molar-refractivity contribution in [3.05, 3.63) is 48.0 Å². The van der Waals surface area contributed by atoms with E-state index in [1.54, 1.807) is 6.20 Å². The smallest absolute Gasteiger partial charge is 0.185 e. The maximum Gasteiger partial charge on any atom is 0.185 e. The molecule has 3 heteroatoms. The molecule has 0 aliphatic carbocycles. The Morgan fingerprint density at radius 2 is 2.00 bits per heavy atom. The van der Waals surface area contributed by atoms with Crippen LogP contribution in [0.5, 0.6) is 0 Å². The number of imidazole rings is 1. The summed E-state index contributed by atoms with van der Waals surface area (Å²) in [5, 5.41) is 0. The molecule has 0 aliphatic heterocycles. The van der Waals surface area contributed by atoms with Crippen molar-refractivity contribution in [3.63, 3.8) is 0 Å². The number of aromatic nitrogens is 2. The number of aryl methyl sites for hydroxylation is 1. The van der Waals surface area contributed by atoms with Gasteiger partial charge in [-0.3, -0.25) is 9.36 Å². The molecule has 0 spiro atoms. The van der Waals surface area contributed by atoms with Gasteiger partial charge in [-0.15, -0.1) is 0 Å². The van der Waals surface area contributed by atoms with Crippen LogP contribution in [-0.4, -0.2) is 15.8 Å². The Hall–Kier alpha value is -1.90. The average Bonchev–Trinajstić information content (AvgIpc) is 2.61. The van der Waals surface area contributed by atoms with Crippen LogP contribution in [0.4, 0.5) is 0 Å². The lowest BCUT2D eigenvalue weighted by atomic mass is 10.3. The van der Waals surface area contributed by atoms with Gasteiger partial charge in [0.15, 0.2) is 12.1 Å². The van der Waals surface area contributed by atoms with Crippen molar-refractivity contribution in [2.24, 2.45) is 0 Å². The Morgan fingerprint density at radius 1 is 1.29 bits per heavy atom. The van der Waals surface area contributed by atoms with Gasteiger partial charge in [-0.2, -0.15) is 0 Å². The standard InChI is InChI=1S/C11H10N2O/c1-9-7-12-11(8-14)13(9)10-5-3-2-4-6-10/h2-8H,1H3. The zero-order valence-electron chi connectivity index (χ0n) is 7.84. The van der Waals surface area contributed by atoms with Crippen molar-refractivity contribution in [3.8, 4) is 5.69 Å². The minimum absolute atomic E-state index is 0.439. The molecule has 0 unspecified atom stereocenters. The number of aldehydes is 1. The first-order valence-corrected chi connectivity index (χ1v) is 4.38. The quantitative estimate of drug-likeness (QED) is 0.672. The molecule has 2 aromatic rings. The van der Waals surface area contributed by atoms with Crippen molar-refractivity contribution in [1.82, 2.24) is 9.55 Å². The SMILES string of the molecule is Cc1cnc(C=O)n1-c1ccccc1. The van der Waals surface area contributed by atoms with Crippen molar-refractivity contribution in [2.45, 2.75) is 6.92 Å². The molecule has 1 aromatic heterocycles. The van der Waals surface area contributed by atoms with Crippen LogP contribution in [0.3, 0.4) is 0 Å². The Balaban J connectivity index is 2.61. The van der Waals surface area contributed by atoms with Gasteiger partial charge in [-0.05, 0) is 19.1 Å². The van der Waals surface area contributed by atoms with E-state index in [-0.39, 0.29) is 0 Å². The molecule has 0 fully saturated rings. The average molecular weight is 186 g/mol. The van der Waals surface area contributed by atoms with Crippen LogP contribution in [0.25, 0.3) is 5.69 Å². The second-order valence-electron chi connectivity index (χ2n) is 3.05. The summed E-state index contributed by atoms with van der Waals surface area (Å²) in [6.45, 7) is 1.92. The summed E-state index contributed by atoms with van der Waals surface area (Å²) < 4.78 is 1.83. The molecule has 3 nitrogen and oxygen atoms in total. The van der Waals surface area contributed by atoms with E-state index in [9.17, 15) is 4.79 Å². The monoisotopic (exact) mass is 186 g/mol. The summed E-state index contributed by atoms with van der Waals surface area (Å²) in [4.78, 5) is 14.7. The summed E-state index contributed by atoms with van der Waals surface area (Å²) in [5.74, 6) is 0.439. The van der Waals surface area contributed by atoms with Gasteiger partial charge in [0, 0.05) is 17.6 Å². The first-order valence-electron chi connectivity index (χ1n) is 4.38. The molecule has 1 heterocycles. The lowest BCUT2D eigenvalue weighted by molar-refractivity contribution is 0.111. The molecule has 70 valence electrons. The van der Waals surface area contributed by atoms with Crippen LogP contribution in [0.15, 0.2) is 36.5 Å². The minimum atomic E-state index is 0.439. The van der Waals surface area contributed by atoms with Gasteiger partial charge in [-0.1, -0.05) is 18.2 Å². The van der Waals surface area contributed by atoms with Gasteiger partial charge in [0.2, 0.25) is 0 Å². The third-order valence-corrected chi connectivity index (χ3v) is 2.09. The molecule has 0 amide bonds. The topological polar surface area (TPSA) is 34.9 Å². The van der Waals surface area contributed by atoms with E-state index < -0.39 is 0 Å². The molecule has 2 rings (SSSR count). The highest BCUT2D eigenvalue weighted by molar-refractivity contribution is 5.71. The molecule has 0 saturated carbocycles. The normalized spacial score (nSPS) is 10.1. The lowest BCUT2D eigenvalue weighted by Crippen LogP contribution is -2.01. The van der Waals surface area contributed by atoms with Crippen molar-refractivity contribution < 1.29 is 4.79 Å². The number of nitrogens with zero attached hydrogens (tertiary/aromatic N) is 2. The fourth-order valence-corrected chi connectivity index (χ4v) is 1.45. The van der Waals surface area contributed by atoms with Gasteiger partial charge < -0.3 is 0 Å². The molecular formula is C11H10N2O. The van der Waals surface area contributed by atoms with Crippen molar-refractivity contribution in [2.75, 3.05) is 0 Å². The summed E-state index contributed by atoms with van der Waals surface area (Å²) in [6.07, 6.45) is 2.46. The van der Waals surface area contributed by atoms with Crippen LogP contribution >= 0.6 is 0 Å². The predicted molar refractivity (Wildman–Crippen MR) is 53.7 cm³/mol. The number of para-hydroxylation sites is 1. The van der Waals surface area contributed by atoms with E-state index in [0.717, 1.165) is 17.7 Å². The molecular weight excluding hydrogens is 176 g/mol. The molecule has 14 heavy (non-hydrogen) atoms. The second kappa shape index (κ2) is 3.46. The lowest BCUT2D eigenvalue weighted by Gasteiger charge is -2.05. The summed E-state index contributed by atoms with van der Waals surface area (Å²) in [6, 6.07) is 9.70. The van der Waals surface area contributed by atoms with E-state index in [2.05, 4.69) is 4.98 Å². The van der Waals surface area contributed by atoms with Gasteiger partial charge >= 0.3 is 0 Å². The first kappa shape index (κ1) is 8.69. The zero-order chi connectivity index (χ0) is 9.97. The van der Waals surface area contributed by atoms with Crippen LogP contribution < -0.4 is 0 Å². The van der Waals surface area contributed by atoms with Crippen LogP contribution in [-0.2, 0) is 0 Å². The first-order chi connectivity index (χ1) is 6.83. The highest BCUT2D eigenvalue weighted by Gasteiger charge is 2.06. The predicted octanol–water partition coefficient (Wildman–Crippen LogP) is 1.99. The largest absolute Gasteiger partial charge is 0.295 e. The fraction of sp³-hybridized carbons (Fsp3) is 0.0909. The summed E-state index contributed by atoms with van der Waals surface area (Å²) in [7, 11) is 0. The maximum absolute atomic E-state index is 10.7. The third-order valence-electron chi connectivity index (χ3n) is 2.09. The fourth-order valence-electron chi connectivity index (χ4n) is 1.45. The molecule has 0 atom stereocenters. The van der Waals surface area contributed by atoms with E-state index >= 15 is 0 Å². The van der Waals surface area contributed by atoms with E-state index in [1.807, 2.05) is 41.8 Å². The highest BCUT2D eigenvalue weighted by atomic mass is 16.1. The maximum atomic E-state index is 10.7.